The van der Waals surface area contributed by atoms with E-state index >= 15 is 0 Å². The largest absolute Gasteiger partial charge is 0.500 e. The molecule has 0 saturated carbocycles. The van der Waals surface area contributed by atoms with Crippen LogP contribution in [-0.2, 0) is 66.9 Å². The molecule has 0 atom stereocenters. The van der Waals surface area contributed by atoms with Crippen LogP contribution in [0.2, 0.25) is 0 Å². The number of nitrogens with two attached hydrogens (primary N) is 2. The summed E-state index contributed by atoms with van der Waals surface area (Å²) in [5, 5.41) is 19.5. The van der Waals surface area contributed by atoms with Gasteiger partial charge in [0.05, 0.1) is 26.0 Å². The number of nitrogens with one attached hydrogen (secondary N) is 1. The molecule has 2 radical (unpaired) electrons. The summed E-state index contributed by atoms with van der Waals surface area (Å²) in [6, 6.07) is 5.40. The van der Waals surface area contributed by atoms with Gasteiger partial charge in [-0.1, -0.05) is 41.5 Å². The number of hydrogen-bond donors (Lipinski definition) is 3. The number of nitrogens with zero attached hydrogens (tertiary/aromatic N) is 5. The summed E-state index contributed by atoms with van der Waals surface area (Å²) in [7, 11) is 1.30. The van der Waals surface area contributed by atoms with Crippen molar-refractivity contribution in [2.24, 2.45) is 0 Å². The average Bonchev–Trinajstić information content (AvgIpc) is 3.73. The molecule has 0 aliphatic rings. The van der Waals surface area contributed by atoms with E-state index in [-0.39, 0.29) is 71.5 Å². The predicted octanol–water partition coefficient (Wildman–Crippen LogP) is 6.90. The number of esters is 2. The molecular formula is C37H53IN8O5V2-2. The maximum atomic E-state index is 11.5. The van der Waals surface area contributed by atoms with Gasteiger partial charge in [0.2, 0.25) is 0 Å². The molecule has 290 valence electrons. The van der Waals surface area contributed by atoms with E-state index in [4.69, 9.17) is 21.5 Å². The Morgan fingerprint density at radius 2 is 1.66 bits per heavy atom. The fourth-order valence-corrected chi connectivity index (χ4v) is 3.29. The average molecular weight is 919 g/mol. The molecule has 0 unspecified atom stereocenters. The second-order valence-corrected chi connectivity index (χ2v) is 12.7. The number of anilines is 2. The molecule has 3 aromatic heterocycles. The third-order valence-corrected chi connectivity index (χ3v) is 6.18. The molecule has 16 heteroatoms. The van der Waals surface area contributed by atoms with Crippen LogP contribution in [0.15, 0.2) is 30.2 Å². The summed E-state index contributed by atoms with van der Waals surface area (Å²) >= 11 is 2.18. The molecule has 0 spiro atoms. The van der Waals surface area contributed by atoms with Gasteiger partial charge in [0, 0.05) is 72.0 Å². The van der Waals surface area contributed by atoms with Crippen molar-refractivity contribution in [3.05, 3.63) is 58.5 Å². The molecule has 0 aliphatic heterocycles. The first-order valence-corrected chi connectivity index (χ1v) is 17.1. The number of rotatable bonds is 6. The standard InChI is InChI=1S/C12H16N4O2.C8H11NO3.C7H13N3.C5H6I.C5H7.2V/c1-12(2,3)8-5-9-14-6-7(11(17)18-4)10(13)16(9)15-8;1-3-11-6-7(5-9)8(10)12-4-2;1-7(2,3)5-4-6(8)10-9-5;1-2-3-4-5-6;1-3-5-4-2;;/h5-6H,13H2,1-4H3;6H,3-4H2,1-2H3;4H,1-3H3,(H3,8,9,10);5H,4H2,1H3;1,3H2,2H3;;/q;;;2*-1;;/b;7-6-;;;;;. The zero-order valence-electron chi connectivity index (χ0n) is 32.6. The molecule has 3 aromatic rings. The van der Waals surface area contributed by atoms with E-state index in [0.717, 1.165) is 30.5 Å². The van der Waals surface area contributed by atoms with Crippen molar-refractivity contribution in [3.63, 3.8) is 0 Å². The van der Waals surface area contributed by atoms with E-state index in [0.29, 0.717) is 18.1 Å². The van der Waals surface area contributed by atoms with Gasteiger partial charge in [-0.25, -0.2) is 14.6 Å². The Hall–Kier alpha value is -3.58. The van der Waals surface area contributed by atoms with Gasteiger partial charge < -0.3 is 55.2 Å². The van der Waals surface area contributed by atoms with Crippen LogP contribution in [0.25, 0.3) is 5.65 Å². The molecular weight excluding hydrogens is 865 g/mol. The third-order valence-electron chi connectivity index (χ3n) is 5.74. The van der Waals surface area contributed by atoms with Gasteiger partial charge >= 0.3 is 11.9 Å². The zero-order valence-corrected chi connectivity index (χ0v) is 37.6. The van der Waals surface area contributed by atoms with E-state index in [1.54, 1.807) is 19.9 Å². The van der Waals surface area contributed by atoms with Crippen LogP contribution in [0.1, 0.15) is 104 Å². The maximum Gasteiger partial charge on any atom is 0.352 e. The molecule has 0 amide bonds. The summed E-state index contributed by atoms with van der Waals surface area (Å²) in [4.78, 5) is 26.6. The number of hydrogen-bond acceptors (Lipinski definition) is 11. The number of carbonyl (C=O) groups excluding carboxylic acids is 2. The number of carbonyl (C=O) groups is 2. The quantitative estimate of drug-likeness (QED) is 0.0443. The number of aromatic amines is 1. The van der Waals surface area contributed by atoms with Gasteiger partial charge in [0.25, 0.3) is 0 Å². The van der Waals surface area contributed by atoms with Crippen LogP contribution in [0.3, 0.4) is 0 Å². The molecule has 0 saturated heterocycles. The Bertz CT molecular complexity index is 1700. The molecule has 13 nitrogen and oxygen atoms in total. The van der Waals surface area contributed by atoms with Crippen molar-refractivity contribution >= 4 is 51.8 Å². The van der Waals surface area contributed by atoms with Crippen LogP contribution in [0, 0.1) is 46.4 Å². The molecule has 5 N–H and O–H groups in total. The van der Waals surface area contributed by atoms with E-state index in [9.17, 15) is 9.59 Å². The number of nitriles is 1. The Balaban J connectivity index is -0.000000302. The number of nitrogen functional groups attached to an aromatic ring is 2. The molecule has 0 aromatic carbocycles. The van der Waals surface area contributed by atoms with E-state index in [1.165, 1.54) is 17.8 Å². The zero-order chi connectivity index (χ0) is 39.6. The number of fused-ring (bicyclic) bond motifs is 1. The molecule has 0 aliphatic carbocycles. The van der Waals surface area contributed by atoms with Crippen molar-refractivity contribution in [3.8, 4) is 29.8 Å². The number of aromatic nitrogens is 5. The van der Waals surface area contributed by atoms with Gasteiger partial charge in [0.15, 0.2) is 11.2 Å². The predicted molar refractivity (Wildman–Crippen MR) is 211 cm³/mol. The van der Waals surface area contributed by atoms with E-state index in [1.807, 2.05) is 51.2 Å². The minimum atomic E-state index is -0.645. The molecule has 0 bridgehead atoms. The van der Waals surface area contributed by atoms with Gasteiger partial charge in [-0.2, -0.15) is 20.0 Å². The maximum absolute atomic E-state index is 11.5. The van der Waals surface area contributed by atoms with Crippen molar-refractivity contribution < 1.29 is 60.9 Å². The Morgan fingerprint density at radius 1 is 1.06 bits per heavy atom. The van der Waals surface area contributed by atoms with Crippen molar-refractivity contribution in [2.75, 3.05) is 31.8 Å². The topological polar surface area (TPSA) is 197 Å². The summed E-state index contributed by atoms with van der Waals surface area (Å²) < 4.78 is 17.5. The van der Waals surface area contributed by atoms with Gasteiger partial charge in [-0.3, -0.25) is 9.53 Å². The second-order valence-electron chi connectivity index (χ2n) is 11.8. The first kappa shape index (κ1) is 56.2. The summed E-state index contributed by atoms with van der Waals surface area (Å²) in [5.74, 6) is 10.8. The van der Waals surface area contributed by atoms with E-state index < -0.39 is 11.9 Å². The minimum Gasteiger partial charge on any atom is -0.500 e. The fraction of sp³-hybridized carbons (Fsp3) is 0.459. The number of halogens is 1. The summed E-state index contributed by atoms with van der Waals surface area (Å²) in [5.41, 5.74) is 14.0. The SMILES string of the molecule is CC#CC[CH-]I.CC(C)(C)c1cc(N)n[nH]1.CCO/C=C(/C#N)C(=O)OCC.COC(=O)c1cnc2cc(C(C)(C)C)nn2c1N.[CH2-]CC#CC.[V].[V]. The Labute approximate surface area is 353 Å². The normalized spacial score (nSPS) is 9.77. The Kier molecular flexibility index (Phi) is 32.7. The van der Waals surface area contributed by atoms with Crippen molar-refractivity contribution in [1.29, 1.82) is 5.26 Å². The number of methoxy groups -OCH3 is 1. The Morgan fingerprint density at radius 3 is 2.00 bits per heavy atom. The summed E-state index contributed by atoms with van der Waals surface area (Å²) in [6.45, 7) is 23.7. The number of H-pyrrole nitrogens is 1. The van der Waals surface area contributed by atoms with Gasteiger partial charge in [0.1, 0.15) is 29.5 Å². The van der Waals surface area contributed by atoms with Crippen molar-refractivity contribution in [2.45, 2.75) is 92.9 Å². The number of ether oxygens (including phenoxy) is 3. The molecule has 53 heavy (non-hydrogen) atoms. The molecule has 3 rings (SSSR count). The smallest absolute Gasteiger partial charge is 0.352 e. The van der Waals surface area contributed by atoms with Crippen LogP contribution in [-0.4, -0.2) is 57.1 Å². The monoisotopic (exact) mass is 918 g/mol. The second kappa shape index (κ2) is 30.8. The van der Waals surface area contributed by atoms with E-state index in [2.05, 4.69) is 104 Å². The van der Waals surface area contributed by atoms with Crippen LogP contribution in [0.5, 0.6) is 0 Å². The third kappa shape index (κ3) is 23.6. The van der Waals surface area contributed by atoms with Gasteiger partial charge in [-0.15, -0.1) is 36.5 Å². The van der Waals surface area contributed by atoms with Crippen molar-refractivity contribution in [1.82, 2.24) is 24.8 Å². The minimum absolute atomic E-state index is 0. The summed E-state index contributed by atoms with van der Waals surface area (Å²) in [6.07, 6.45) is 4.16. The van der Waals surface area contributed by atoms with Crippen LogP contribution < -0.4 is 11.5 Å². The van der Waals surface area contributed by atoms with Gasteiger partial charge in [-0.05, 0) is 27.7 Å². The fourth-order valence-electron chi connectivity index (χ4n) is 3.07. The van der Waals surface area contributed by atoms with Crippen LogP contribution >= 0.6 is 22.6 Å². The van der Waals surface area contributed by atoms with Crippen LogP contribution in [0.4, 0.5) is 11.6 Å². The first-order valence-electron chi connectivity index (χ1n) is 15.9. The first-order chi connectivity index (χ1) is 23.9. The molecule has 3 heterocycles. The molecule has 0 fully saturated rings.